The summed E-state index contributed by atoms with van der Waals surface area (Å²) in [5.41, 5.74) is 0. The maximum Gasteiger partial charge on any atom is 0.571 e. The lowest BCUT2D eigenvalue weighted by Crippen LogP contribution is -2.44. The number of halogens is 2. The first kappa shape index (κ1) is 9.73. The molecule has 5 nitrogen and oxygen atoms in total. The van der Waals surface area contributed by atoms with Gasteiger partial charge in [-0.1, -0.05) is 0 Å². The van der Waals surface area contributed by atoms with E-state index < -0.39 is 16.8 Å². The topological polar surface area (TPSA) is 70.2 Å². The third-order valence-corrected chi connectivity index (χ3v) is 0.961. The molecule has 0 radical (unpaired) electrons. The van der Waals surface area contributed by atoms with Gasteiger partial charge in [-0.15, -0.1) is 8.78 Å². The van der Waals surface area contributed by atoms with Gasteiger partial charge in [-0.2, -0.15) is 0 Å². The van der Waals surface area contributed by atoms with Crippen molar-refractivity contribution in [1.29, 1.82) is 5.41 Å². The fourth-order valence-electron chi connectivity index (χ4n) is 0.355. The van der Waals surface area contributed by atoms with E-state index >= 15 is 0 Å². The second kappa shape index (κ2) is 2.77. The van der Waals surface area contributed by atoms with Crippen molar-refractivity contribution in [3.05, 3.63) is 10.1 Å². The summed E-state index contributed by atoms with van der Waals surface area (Å²) in [4.78, 5) is 8.54. The summed E-state index contributed by atoms with van der Waals surface area (Å²) in [6.45, 7) is 0. The highest BCUT2D eigenvalue weighted by atomic mass is 19.3. The molecule has 0 fully saturated rings. The van der Waals surface area contributed by atoms with Gasteiger partial charge in [-0.3, -0.25) is 15.5 Å². The van der Waals surface area contributed by atoms with E-state index in [0.29, 0.717) is 4.90 Å². The molecule has 11 heavy (non-hydrogen) atoms. The number of nitrogens with one attached hydrogen (secondary N) is 1. The molecule has 0 heterocycles. The van der Waals surface area contributed by atoms with Crippen LogP contribution in [0.4, 0.5) is 8.78 Å². The zero-order chi connectivity index (χ0) is 9.23. The Labute approximate surface area is 61.3 Å². The summed E-state index contributed by atoms with van der Waals surface area (Å²) in [6.07, 6.45) is 0. The van der Waals surface area contributed by atoms with Crippen LogP contribution in [0.25, 0.3) is 0 Å². The molecule has 0 rings (SSSR count). The van der Waals surface area contributed by atoms with Crippen molar-refractivity contribution < 1.29 is 13.7 Å². The van der Waals surface area contributed by atoms with Crippen molar-refractivity contribution in [3.8, 4) is 0 Å². The van der Waals surface area contributed by atoms with Crippen LogP contribution in [0.3, 0.4) is 0 Å². The van der Waals surface area contributed by atoms with Gasteiger partial charge in [0.05, 0.1) is 0 Å². The van der Waals surface area contributed by atoms with Crippen molar-refractivity contribution in [1.82, 2.24) is 4.90 Å². The van der Waals surface area contributed by atoms with E-state index in [1.807, 2.05) is 0 Å². The molecule has 64 valence electrons. The molecule has 0 aromatic heterocycles. The first-order chi connectivity index (χ1) is 4.80. The van der Waals surface area contributed by atoms with E-state index in [-0.39, 0.29) is 0 Å². The second-order valence-electron chi connectivity index (χ2n) is 2.04. The lowest BCUT2D eigenvalue weighted by atomic mass is 10.5. The highest BCUT2D eigenvalue weighted by molar-refractivity contribution is 5.83. The molecule has 0 saturated heterocycles. The van der Waals surface area contributed by atoms with Gasteiger partial charge in [0.2, 0.25) is 5.84 Å². The number of hydrogen-bond donors (Lipinski definition) is 1. The van der Waals surface area contributed by atoms with Crippen molar-refractivity contribution in [2.24, 2.45) is 0 Å². The zero-order valence-electron chi connectivity index (χ0n) is 5.97. The molecule has 0 unspecified atom stereocenters. The number of likely N-dealkylation sites (N-methyl/N-ethyl adjacent to an activating group) is 1. The average molecular weight is 167 g/mol. The number of nitro groups is 1. The summed E-state index contributed by atoms with van der Waals surface area (Å²) in [5, 5.41) is 16.3. The Morgan fingerprint density at radius 1 is 1.64 bits per heavy atom. The van der Waals surface area contributed by atoms with Crippen LogP contribution in [0.5, 0.6) is 0 Å². The highest BCUT2D eigenvalue weighted by Crippen LogP contribution is 2.15. The van der Waals surface area contributed by atoms with Gasteiger partial charge in [0.1, 0.15) is 4.92 Å². The monoisotopic (exact) mass is 167 g/mol. The molecule has 0 atom stereocenters. The van der Waals surface area contributed by atoms with Crippen LogP contribution in [0.15, 0.2) is 0 Å². The molecule has 1 N–H and O–H groups in total. The molecule has 0 aromatic carbocycles. The van der Waals surface area contributed by atoms with Gasteiger partial charge in [-0.25, -0.2) is 0 Å². The van der Waals surface area contributed by atoms with E-state index in [9.17, 15) is 18.9 Å². The minimum atomic E-state index is -4.29. The number of alkyl halides is 2. The van der Waals surface area contributed by atoms with Crippen LogP contribution >= 0.6 is 0 Å². The third-order valence-electron chi connectivity index (χ3n) is 0.961. The standard InChI is InChI=1S/C4H7F2N3O2/c1-8(2)3(7)4(5,6)9(10)11/h7H,1-2H3. The lowest BCUT2D eigenvalue weighted by molar-refractivity contribution is -0.618. The molecule has 0 aliphatic heterocycles. The Bertz CT molecular complexity index is 192. The molecule has 0 spiro atoms. The molecule has 0 amide bonds. The van der Waals surface area contributed by atoms with Gasteiger partial charge >= 0.3 is 6.05 Å². The number of rotatable bonds is 2. The van der Waals surface area contributed by atoms with Crippen molar-refractivity contribution in [2.45, 2.75) is 6.05 Å². The number of nitrogens with zero attached hydrogens (tertiary/aromatic N) is 2. The van der Waals surface area contributed by atoms with E-state index in [4.69, 9.17) is 5.41 Å². The smallest absolute Gasteiger partial charge is 0.355 e. The van der Waals surface area contributed by atoms with Gasteiger partial charge < -0.3 is 4.90 Å². The van der Waals surface area contributed by atoms with Crippen LogP contribution in [-0.4, -0.2) is 35.8 Å². The number of hydrogen-bond acceptors (Lipinski definition) is 3. The molecule has 0 saturated carbocycles. The maximum atomic E-state index is 12.2. The maximum absolute atomic E-state index is 12.2. The molecular weight excluding hydrogens is 160 g/mol. The van der Waals surface area contributed by atoms with Crippen molar-refractivity contribution >= 4 is 5.84 Å². The fraction of sp³-hybridized carbons (Fsp3) is 0.750. The predicted molar refractivity (Wildman–Crippen MR) is 33.4 cm³/mol. The van der Waals surface area contributed by atoms with Gasteiger partial charge in [0.15, 0.2) is 0 Å². The van der Waals surface area contributed by atoms with Gasteiger partial charge in [-0.05, 0) is 0 Å². The van der Waals surface area contributed by atoms with Crippen LogP contribution in [0.2, 0.25) is 0 Å². The normalized spacial score (nSPS) is 10.9. The minimum Gasteiger partial charge on any atom is -0.355 e. The van der Waals surface area contributed by atoms with Crippen molar-refractivity contribution in [2.75, 3.05) is 14.1 Å². The Hall–Kier alpha value is -1.27. The van der Waals surface area contributed by atoms with E-state index in [1.54, 1.807) is 0 Å². The summed E-state index contributed by atoms with van der Waals surface area (Å²) < 4.78 is 24.5. The Morgan fingerprint density at radius 2 is 2.00 bits per heavy atom. The van der Waals surface area contributed by atoms with Crippen LogP contribution in [-0.2, 0) is 0 Å². The minimum absolute atomic E-state index is 0.683. The SMILES string of the molecule is CN(C)C(=N)C(F)(F)[N+](=O)[O-]. The largest absolute Gasteiger partial charge is 0.571 e. The summed E-state index contributed by atoms with van der Waals surface area (Å²) in [5.74, 6) is -1.33. The van der Waals surface area contributed by atoms with Crippen LogP contribution in [0.1, 0.15) is 0 Å². The van der Waals surface area contributed by atoms with Gasteiger partial charge in [0.25, 0.3) is 0 Å². The molecule has 0 aliphatic carbocycles. The Kier molecular flexibility index (Phi) is 2.45. The zero-order valence-corrected chi connectivity index (χ0v) is 5.97. The summed E-state index contributed by atoms with van der Waals surface area (Å²) >= 11 is 0. The lowest BCUT2D eigenvalue weighted by Gasteiger charge is -2.14. The predicted octanol–water partition coefficient (Wildman–Crippen LogP) is 0.395. The summed E-state index contributed by atoms with van der Waals surface area (Å²) in [7, 11) is 2.28. The first-order valence-corrected chi connectivity index (χ1v) is 2.58. The highest BCUT2D eigenvalue weighted by Gasteiger charge is 2.51. The summed E-state index contributed by atoms with van der Waals surface area (Å²) in [6, 6.07) is -4.29. The third kappa shape index (κ3) is 1.82. The molecular formula is C4H7F2N3O2. The molecule has 7 heteroatoms. The van der Waals surface area contributed by atoms with E-state index in [1.165, 1.54) is 0 Å². The van der Waals surface area contributed by atoms with Crippen molar-refractivity contribution in [3.63, 3.8) is 0 Å². The second-order valence-corrected chi connectivity index (χ2v) is 2.04. The Morgan fingerprint density at radius 3 is 2.09 bits per heavy atom. The van der Waals surface area contributed by atoms with Crippen LogP contribution < -0.4 is 0 Å². The number of amidine groups is 1. The first-order valence-electron chi connectivity index (χ1n) is 2.58. The average Bonchev–Trinajstić information content (AvgIpc) is 1.85. The Balaban J connectivity index is 4.56. The van der Waals surface area contributed by atoms with E-state index in [2.05, 4.69) is 0 Å². The molecule has 0 aromatic rings. The quantitative estimate of drug-likeness (QED) is 0.213. The van der Waals surface area contributed by atoms with Crippen LogP contribution in [0, 0.1) is 15.5 Å². The molecule has 0 bridgehead atoms. The fourth-order valence-corrected chi connectivity index (χ4v) is 0.355. The van der Waals surface area contributed by atoms with E-state index in [0.717, 1.165) is 14.1 Å². The molecule has 0 aliphatic rings. The van der Waals surface area contributed by atoms with Gasteiger partial charge in [0, 0.05) is 14.1 Å².